The van der Waals surface area contributed by atoms with Crippen LogP contribution in [0, 0.1) is 23.1 Å². The number of amides is 1. The second-order valence-electron chi connectivity index (χ2n) is 9.15. The lowest BCUT2D eigenvalue weighted by Gasteiger charge is -2.28. The van der Waals surface area contributed by atoms with Crippen LogP contribution >= 0.6 is 11.6 Å². The minimum Gasteiger partial charge on any atom is -0.481 e. The number of hydrogen-bond acceptors (Lipinski definition) is 5. The second-order valence-corrected chi connectivity index (χ2v) is 9.55. The Morgan fingerprint density at radius 1 is 1.00 bits per heavy atom. The smallest absolute Gasteiger partial charge is 0.416 e. The van der Waals surface area contributed by atoms with E-state index in [4.69, 9.17) is 21.1 Å². The number of ketones is 1. The zero-order valence-electron chi connectivity index (χ0n) is 20.7. The molecule has 0 radical (unpaired) electrons. The number of ether oxygens (including phenoxy) is 2. The number of carbonyl (C=O) groups is 2. The second kappa shape index (κ2) is 11.5. The number of benzene rings is 3. The Kier molecular flexibility index (Phi) is 8.31. The van der Waals surface area contributed by atoms with Crippen molar-refractivity contribution in [1.29, 1.82) is 5.26 Å². The Morgan fingerprint density at radius 2 is 1.67 bits per heavy atom. The fraction of sp³-hybridized carbons (Fsp3) is 0.321. The summed E-state index contributed by atoms with van der Waals surface area (Å²) in [6.45, 7) is 2.31. The van der Waals surface area contributed by atoms with Crippen LogP contribution in [0.1, 0.15) is 31.7 Å². The monoisotopic (exact) mass is 562 g/mol. The van der Waals surface area contributed by atoms with Crippen molar-refractivity contribution in [3.63, 3.8) is 0 Å². The quantitative estimate of drug-likeness (QED) is 0.230. The van der Waals surface area contributed by atoms with Crippen molar-refractivity contribution in [1.82, 2.24) is 4.90 Å². The molecule has 1 saturated heterocycles. The topological polar surface area (TPSA) is 79.6 Å². The Hall–Kier alpha value is -3.84. The van der Waals surface area contributed by atoms with Gasteiger partial charge in [-0.1, -0.05) is 23.7 Å². The number of piperidine rings is 1. The number of rotatable bonds is 7. The highest BCUT2D eigenvalue weighted by molar-refractivity contribution is 6.32. The largest absolute Gasteiger partial charge is 0.481 e. The van der Waals surface area contributed by atoms with E-state index in [1.807, 2.05) is 0 Å². The highest BCUT2D eigenvalue weighted by Crippen LogP contribution is 2.37. The molecule has 0 aromatic heterocycles. The van der Waals surface area contributed by atoms with Crippen LogP contribution in [-0.2, 0) is 15.8 Å². The third kappa shape index (κ3) is 6.42. The zero-order valence-corrected chi connectivity index (χ0v) is 21.5. The SMILES string of the molecule is CC(Oc1cc(Oc2ccc3cc(C(F)(F)F)ccc3c2)c(F)cc1Cl)C(=O)C(C#N)C(=O)N1CCCCC1. The average molecular weight is 563 g/mol. The predicted molar refractivity (Wildman–Crippen MR) is 135 cm³/mol. The summed E-state index contributed by atoms with van der Waals surface area (Å²) in [4.78, 5) is 27.1. The van der Waals surface area contributed by atoms with Crippen LogP contribution in [0.15, 0.2) is 48.5 Å². The molecule has 2 unspecified atom stereocenters. The molecule has 1 aliphatic heterocycles. The van der Waals surface area contributed by atoms with Gasteiger partial charge < -0.3 is 14.4 Å². The van der Waals surface area contributed by atoms with E-state index in [0.29, 0.717) is 23.9 Å². The van der Waals surface area contributed by atoms with E-state index in [9.17, 15) is 32.4 Å². The summed E-state index contributed by atoms with van der Waals surface area (Å²) in [6, 6.07) is 11.2. The van der Waals surface area contributed by atoms with Crippen LogP contribution in [0.4, 0.5) is 17.6 Å². The van der Waals surface area contributed by atoms with Gasteiger partial charge in [0.2, 0.25) is 5.91 Å². The number of Topliss-reactive ketones (excluding diaryl/α,β-unsaturated/α-hetero) is 1. The number of halogens is 5. The summed E-state index contributed by atoms with van der Waals surface area (Å²) >= 11 is 6.12. The van der Waals surface area contributed by atoms with Gasteiger partial charge in [-0.15, -0.1) is 0 Å². The lowest BCUT2D eigenvalue weighted by atomic mass is 9.99. The van der Waals surface area contributed by atoms with E-state index in [1.54, 1.807) is 6.07 Å². The van der Waals surface area contributed by atoms with Crippen molar-refractivity contribution in [3.8, 4) is 23.3 Å². The van der Waals surface area contributed by atoms with Gasteiger partial charge in [0, 0.05) is 25.2 Å². The predicted octanol–water partition coefficient (Wildman–Crippen LogP) is 6.93. The molecule has 0 bridgehead atoms. The summed E-state index contributed by atoms with van der Waals surface area (Å²) < 4.78 is 64.8. The molecule has 2 atom stereocenters. The first kappa shape index (κ1) is 28.2. The molecule has 4 rings (SSSR count). The minimum absolute atomic E-state index is 0.119. The van der Waals surface area contributed by atoms with Gasteiger partial charge in [-0.3, -0.25) is 9.59 Å². The maximum absolute atomic E-state index is 14.7. The molecule has 6 nitrogen and oxygen atoms in total. The molecule has 204 valence electrons. The summed E-state index contributed by atoms with van der Waals surface area (Å²) in [7, 11) is 0. The molecule has 0 spiro atoms. The van der Waals surface area contributed by atoms with Gasteiger partial charge in [-0.05, 0) is 61.2 Å². The van der Waals surface area contributed by atoms with Crippen LogP contribution in [0.25, 0.3) is 10.8 Å². The van der Waals surface area contributed by atoms with Crippen molar-refractivity contribution in [2.75, 3.05) is 13.1 Å². The molecular weight excluding hydrogens is 540 g/mol. The standard InChI is InChI=1S/C28H23ClF4N2O4/c1-16(26(36)21(15-34)27(37)35-9-3-2-4-10-35)38-24-14-25(23(30)13-22(24)29)39-20-8-6-17-11-19(28(31,32)33)7-5-18(17)12-20/h5-8,11-14,16,21H,2-4,9-10H2,1H3. The van der Waals surface area contributed by atoms with Crippen molar-refractivity contribution in [2.24, 2.45) is 5.92 Å². The highest BCUT2D eigenvalue weighted by atomic mass is 35.5. The molecule has 1 aliphatic rings. The van der Waals surface area contributed by atoms with Gasteiger partial charge in [0.25, 0.3) is 0 Å². The van der Waals surface area contributed by atoms with Crippen LogP contribution in [-0.4, -0.2) is 35.8 Å². The van der Waals surface area contributed by atoms with Crippen molar-refractivity contribution < 1.29 is 36.6 Å². The minimum atomic E-state index is -4.49. The van der Waals surface area contributed by atoms with E-state index in [1.165, 1.54) is 36.1 Å². The summed E-state index contributed by atoms with van der Waals surface area (Å²) in [5.74, 6) is -4.05. The first-order valence-corrected chi connectivity index (χ1v) is 12.5. The van der Waals surface area contributed by atoms with E-state index in [-0.39, 0.29) is 22.3 Å². The first-order valence-electron chi connectivity index (χ1n) is 12.1. The molecule has 11 heteroatoms. The lowest BCUT2D eigenvalue weighted by molar-refractivity contribution is -0.142. The Labute approximate surface area is 226 Å². The van der Waals surface area contributed by atoms with Crippen molar-refractivity contribution >= 4 is 34.1 Å². The van der Waals surface area contributed by atoms with Crippen LogP contribution in [0.3, 0.4) is 0 Å². The van der Waals surface area contributed by atoms with Crippen molar-refractivity contribution in [3.05, 3.63) is 64.9 Å². The van der Waals surface area contributed by atoms with Gasteiger partial charge in [0.15, 0.2) is 29.4 Å². The summed E-state index contributed by atoms with van der Waals surface area (Å²) in [5, 5.41) is 10.1. The zero-order chi connectivity index (χ0) is 28.3. The number of nitrogens with zero attached hydrogens (tertiary/aromatic N) is 2. The fourth-order valence-corrected chi connectivity index (χ4v) is 4.49. The number of alkyl halides is 3. The molecule has 0 N–H and O–H groups in total. The van der Waals surface area contributed by atoms with E-state index in [0.717, 1.165) is 43.5 Å². The van der Waals surface area contributed by atoms with E-state index >= 15 is 0 Å². The van der Waals surface area contributed by atoms with Gasteiger partial charge >= 0.3 is 6.18 Å². The van der Waals surface area contributed by atoms with Crippen LogP contribution in [0.5, 0.6) is 17.2 Å². The first-order chi connectivity index (χ1) is 18.5. The average Bonchev–Trinajstić information content (AvgIpc) is 2.91. The highest BCUT2D eigenvalue weighted by Gasteiger charge is 2.35. The van der Waals surface area contributed by atoms with Gasteiger partial charge in [0.1, 0.15) is 11.5 Å². The number of nitriles is 1. The number of likely N-dealkylation sites (tertiary alicyclic amines) is 1. The molecule has 3 aromatic rings. The number of fused-ring (bicyclic) bond motifs is 1. The van der Waals surface area contributed by atoms with Gasteiger partial charge in [-0.2, -0.15) is 18.4 Å². The molecule has 1 heterocycles. The van der Waals surface area contributed by atoms with Gasteiger partial charge in [0.05, 0.1) is 16.7 Å². The Balaban J connectivity index is 1.51. The molecule has 1 fully saturated rings. The molecule has 1 amide bonds. The number of carbonyl (C=O) groups excluding carboxylic acids is 2. The van der Waals surface area contributed by atoms with Crippen molar-refractivity contribution in [2.45, 2.75) is 38.5 Å². The molecule has 0 saturated carbocycles. The fourth-order valence-electron chi connectivity index (χ4n) is 4.29. The maximum atomic E-state index is 14.7. The Morgan fingerprint density at radius 3 is 2.33 bits per heavy atom. The normalized spacial score (nSPS) is 15.4. The van der Waals surface area contributed by atoms with Crippen LogP contribution in [0.2, 0.25) is 5.02 Å². The number of hydrogen-bond donors (Lipinski definition) is 0. The third-order valence-electron chi connectivity index (χ3n) is 6.39. The molecular formula is C28H23ClF4N2O4. The molecule has 39 heavy (non-hydrogen) atoms. The summed E-state index contributed by atoms with van der Waals surface area (Å²) in [6.07, 6.45) is -3.19. The molecule has 3 aromatic carbocycles. The van der Waals surface area contributed by atoms with Crippen LogP contribution < -0.4 is 9.47 Å². The summed E-state index contributed by atoms with van der Waals surface area (Å²) in [5.41, 5.74) is -0.797. The maximum Gasteiger partial charge on any atom is 0.416 e. The van der Waals surface area contributed by atoms with E-state index in [2.05, 4.69) is 0 Å². The Bertz CT molecular complexity index is 1450. The van der Waals surface area contributed by atoms with E-state index < -0.39 is 41.3 Å². The van der Waals surface area contributed by atoms with Gasteiger partial charge in [-0.25, -0.2) is 4.39 Å². The lowest BCUT2D eigenvalue weighted by Crippen LogP contribution is -2.44. The third-order valence-corrected chi connectivity index (χ3v) is 6.68. The molecule has 0 aliphatic carbocycles.